The molecule has 3 aromatic carbocycles. The Kier molecular flexibility index (Phi) is 6.76. The molecule has 3 rings (SSSR count). The van der Waals surface area contributed by atoms with Gasteiger partial charge in [0.1, 0.15) is 0 Å². The van der Waals surface area contributed by atoms with E-state index in [0.717, 1.165) is 16.7 Å². The van der Waals surface area contributed by atoms with Gasteiger partial charge in [0.05, 0.1) is 12.1 Å². The number of aliphatic hydroxyl groups excluding tert-OH is 1. The molecule has 0 aromatic heterocycles. The number of aliphatic hydroxyl groups is 1. The van der Waals surface area contributed by atoms with Gasteiger partial charge in [0, 0.05) is 13.1 Å². The normalized spacial score (nSPS) is 13.1. The van der Waals surface area contributed by atoms with E-state index in [1.54, 1.807) is 0 Å². The number of hydrogen-bond donors (Lipinski definition) is 1. The fourth-order valence-electron chi connectivity index (χ4n) is 3.31. The van der Waals surface area contributed by atoms with Crippen LogP contribution in [-0.4, -0.2) is 22.2 Å². The number of nitriles is 1. The Bertz CT molecular complexity index is 802. The molecule has 0 radical (unpaired) electrons. The van der Waals surface area contributed by atoms with Crippen LogP contribution in [-0.2, 0) is 19.5 Å². The van der Waals surface area contributed by atoms with Crippen LogP contribution < -0.4 is 0 Å². The second-order valence-corrected chi connectivity index (χ2v) is 6.71. The molecule has 2 atom stereocenters. The molecule has 0 aliphatic carbocycles. The Morgan fingerprint density at radius 3 is 1.52 bits per heavy atom. The number of hydrogen-bond acceptors (Lipinski definition) is 3. The number of nitrogens with zero attached hydrogens (tertiary/aromatic N) is 2. The van der Waals surface area contributed by atoms with Crippen LogP contribution >= 0.6 is 0 Å². The highest BCUT2D eigenvalue weighted by molar-refractivity contribution is 5.20. The van der Waals surface area contributed by atoms with Crippen LogP contribution in [0.25, 0.3) is 0 Å². The lowest BCUT2D eigenvalue weighted by molar-refractivity contribution is 0.0712. The molecule has 0 saturated carbocycles. The predicted octanol–water partition coefficient (Wildman–Crippen LogP) is 4.18. The van der Waals surface area contributed by atoms with Crippen molar-refractivity contribution in [3.63, 3.8) is 0 Å². The summed E-state index contributed by atoms with van der Waals surface area (Å²) in [6.07, 6.45) is -0.437. The third kappa shape index (κ3) is 5.52. The molecule has 0 fully saturated rings. The molecular weight excluding hydrogens is 332 g/mol. The Labute approximate surface area is 161 Å². The van der Waals surface area contributed by atoms with Crippen molar-refractivity contribution in [2.24, 2.45) is 0 Å². The van der Waals surface area contributed by atoms with Crippen LogP contribution in [0, 0.1) is 11.3 Å². The lowest BCUT2D eigenvalue weighted by Crippen LogP contribution is -2.44. The fourth-order valence-corrected chi connectivity index (χ4v) is 3.31. The van der Waals surface area contributed by atoms with E-state index in [2.05, 4.69) is 35.2 Å². The monoisotopic (exact) mass is 356 g/mol. The Morgan fingerprint density at radius 2 is 1.11 bits per heavy atom. The first-order valence-corrected chi connectivity index (χ1v) is 9.20. The third-order valence-electron chi connectivity index (χ3n) is 4.71. The lowest BCUT2D eigenvalue weighted by atomic mass is 9.98. The van der Waals surface area contributed by atoms with Crippen molar-refractivity contribution in [3.8, 4) is 6.07 Å². The molecule has 0 bridgehead atoms. The summed E-state index contributed by atoms with van der Waals surface area (Å²) in [7, 11) is 0. The molecule has 0 unspecified atom stereocenters. The van der Waals surface area contributed by atoms with Crippen LogP contribution in [0.1, 0.15) is 16.7 Å². The second kappa shape index (κ2) is 9.68. The lowest BCUT2D eigenvalue weighted by Gasteiger charge is -2.33. The van der Waals surface area contributed by atoms with Crippen molar-refractivity contribution < 1.29 is 5.11 Å². The second-order valence-electron chi connectivity index (χ2n) is 6.71. The van der Waals surface area contributed by atoms with Gasteiger partial charge in [-0.25, -0.2) is 0 Å². The summed E-state index contributed by atoms with van der Waals surface area (Å²) in [5, 5.41) is 19.9. The molecule has 0 aliphatic heterocycles. The summed E-state index contributed by atoms with van der Waals surface area (Å²) in [5.74, 6) is 0. The predicted molar refractivity (Wildman–Crippen MR) is 108 cm³/mol. The van der Waals surface area contributed by atoms with Crippen LogP contribution in [0.4, 0.5) is 0 Å². The zero-order valence-electron chi connectivity index (χ0n) is 15.3. The largest absolute Gasteiger partial charge is 0.376 e. The summed E-state index contributed by atoms with van der Waals surface area (Å²) >= 11 is 0. The first-order valence-electron chi connectivity index (χ1n) is 9.20. The van der Waals surface area contributed by atoms with Gasteiger partial charge in [-0.2, -0.15) is 5.26 Å². The number of rotatable bonds is 8. The van der Waals surface area contributed by atoms with Crippen LogP contribution in [0.2, 0.25) is 0 Å². The van der Waals surface area contributed by atoms with E-state index < -0.39 is 6.10 Å². The summed E-state index contributed by atoms with van der Waals surface area (Å²) in [4.78, 5) is 2.20. The van der Waals surface area contributed by atoms with Crippen molar-refractivity contribution in [2.45, 2.75) is 31.7 Å². The van der Waals surface area contributed by atoms with Gasteiger partial charge >= 0.3 is 0 Å². The molecule has 3 aromatic rings. The summed E-state index contributed by atoms with van der Waals surface area (Å²) in [5.41, 5.74) is 3.44. The first kappa shape index (κ1) is 18.8. The molecule has 3 heteroatoms. The van der Waals surface area contributed by atoms with E-state index in [4.69, 9.17) is 0 Å². The van der Waals surface area contributed by atoms with Crippen molar-refractivity contribution in [1.29, 1.82) is 5.26 Å². The molecule has 1 N–H and O–H groups in total. The topological polar surface area (TPSA) is 47.3 Å². The maximum Gasteiger partial charge on any atom is 0.156 e. The van der Waals surface area contributed by atoms with Gasteiger partial charge in [-0.3, -0.25) is 4.90 Å². The van der Waals surface area contributed by atoms with E-state index in [1.807, 2.05) is 66.7 Å². The highest BCUT2D eigenvalue weighted by Crippen LogP contribution is 2.19. The average molecular weight is 356 g/mol. The minimum Gasteiger partial charge on any atom is -0.376 e. The smallest absolute Gasteiger partial charge is 0.156 e. The van der Waals surface area contributed by atoms with Gasteiger partial charge < -0.3 is 5.11 Å². The van der Waals surface area contributed by atoms with Gasteiger partial charge in [-0.05, 0) is 23.1 Å². The van der Waals surface area contributed by atoms with E-state index in [1.165, 1.54) is 0 Å². The quantitative estimate of drug-likeness (QED) is 0.616. The van der Waals surface area contributed by atoms with Gasteiger partial charge in [0.25, 0.3) is 0 Å². The van der Waals surface area contributed by atoms with Crippen molar-refractivity contribution in [2.75, 3.05) is 0 Å². The van der Waals surface area contributed by atoms with Gasteiger partial charge in [0.15, 0.2) is 6.10 Å². The highest BCUT2D eigenvalue weighted by atomic mass is 16.3. The molecule has 0 spiro atoms. The Hall–Kier alpha value is -2.93. The molecule has 0 amide bonds. The summed E-state index contributed by atoms with van der Waals surface area (Å²) in [6.45, 7) is 1.35. The maximum absolute atomic E-state index is 10.5. The van der Waals surface area contributed by atoms with Gasteiger partial charge in [-0.15, -0.1) is 0 Å². The van der Waals surface area contributed by atoms with Crippen molar-refractivity contribution >= 4 is 0 Å². The third-order valence-corrected chi connectivity index (χ3v) is 4.71. The summed E-state index contributed by atoms with van der Waals surface area (Å²) in [6, 6.07) is 32.2. The van der Waals surface area contributed by atoms with Gasteiger partial charge in [-0.1, -0.05) is 91.0 Å². The number of benzene rings is 3. The zero-order valence-corrected chi connectivity index (χ0v) is 15.3. The van der Waals surface area contributed by atoms with Gasteiger partial charge in [0.2, 0.25) is 0 Å². The molecule has 27 heavy (non-hydrogen) atoms. The molecule has 0 heterocycles. The molecular formula is C24H24N2O. The SMILES string of the molecule is N#C[C@H](O)[C@H](Cc1ccccc1)N(Cc1ccccc1)Cc1ccccc1. The molecule has 136 valence electrons. The summed E-state index contributed by atoms with van der Waals surface area (Å²) < 4.78 is 0. The van der Waals surface area contributed by atoms with E-state index in [9.17, 15) is 10.4 Å². The molecule has 3 nitrogen and oxygen atoms in total. The average Bonchev–Trinajstić information content (AvgIpc) is 2.73. The van der Waals surface area contributed by atoms with Crippen LogP contribution in [0.15, 0.2) is 91.0 Å². The first-order chi connectivity index (χ1) is 13.3. The molecule has 0 saturated heterocycles. The highest BCUT2D eigenvalue weighted by Gasteiger charge is 2.26. The fraction of sp³-hybridized carbons (Fsp3) is 0.208. The van der Waals surface area contributed by atoms with E-state index in [-0.39, 0.29) is 6.04 Å². The van der Waals surface area contributed by atoms with E-state index >= 15 is 0 Å². The minimum atomic E-state index is -1.06. The molecule has 0 aliphatic rings. The van der Waals surface area contributed by atoms with Crippen LogP contribution in [0.3, 0.4) is 0 Å². The van der Waals surface area contributed by atoms with E-state index in [0.29, 0.717) is 19.5 Å². The standard InChI is InChI=1S/C24H24N2O/c25-17-24(27)23(16-20-10-4-1-5-11-20)26(18-21-12-6-2-7-13-21)19-22-14-8-3-9-15-22/h1-15,23-24,27H,16,18-19H2/t23-,24-/m0/s1. The Balaban J connectivity index is 1.89. The minimum absolute atomic E-state index is 0.294. The zero-order chi connectivity index (χ0) is 18.9. The van der Waals surface area contributed by atoms with Crippen LogP contribution in [0.5, 0.6) is 0 Å². The maximum atomic E-state index is 10.5. The Morgan fingerprint density at radius 1 is 0.704 bits per heavy atom. The van der Waals surface area contributed by atoms with Crippen molar-refractivity contribution in [1.82, 2.24) is 4.90 Å². The van der Waals surface area contributed by atoms with Crippen molar-refractivity contribution in [3.05, 3.63) is 108 Å².